The molecule has 7 heteroatoms. The van der Waals surface area contributed by atoms with Crippen LogP contribution >= 0.6 is 11.3 Å². The lowest BCUT2D eigenvalue weighted by atomic mass is 10.2. The Bertz CT molecular complexity index is 490. The van der Waals surface area contributed by atoms with Crippen LogP contribution in [0.2, 0.25) is 0 Å². The smallest absolute Gasteiger partial charge is 0.327 e. The third kappa shape index (κ3) is 3.61. The third-order valence-corrected chi connectivity index (χ3v) is 4.52. The van der Waals surface area contributed by atoms with E-state index in [0.717, 1.165) is 4.88 Å². The highest BCUT2D eigenvalue weighted by Gasteiger charge is 2.37. The van der Waals surface area contributed by atoms with Gasteiger partial charge in [0.15, 0.2) is 0 Å². The molecule has 0 saturated carbocycles. The molecule has 0 aliphatic carbocycles. The van der Waals surface area contributed by atoms with E-state index >= 15 is 0 Å². The Morgan fingerprint density at radius 3 is 2.76 bits per heavy atom. The van der Waals surface area contributed by atoms with Gasteiger partial charge in [0.2, 0.25) is 5.91 Å². The number of rotatable bonds is 7. The normalized spacial score (nSPS) is 17.1. The molecule has 6 nitrogen and oxygen atoms in total. The second-order valence-electron chi connectivity index (χ2n) is 5.20. The van der Waals surface area contributed by atoms with Crippen LogP contribution in [0, 0.1) is 0 Å². The Morgan fingerprint density at radius 1 is 1.43 bits per heavy atom. The fourth-order valence-electron chi connectivity index (χ4n) is 2.31. The van der Waals surface area contributed by atoms with E-state index < -0.39 is 0 Å². The second-order valence-corrected chi connectivity index (χ2v) is 6.18. The standard InChI is InChI=1S/C14H21N3O3S/c1-15(2)11(12-5-4-8-21-12)9-17-13(18)10-16(14(17)19)6-7-20-3/h4-5,8,11H,6-7,9-10H2,1-3H3/t11-/m0/s1. The molecule has 0 unspecified atom stereocenters. The molecular weight excluding hydrogens is 290 g/mol. The Labute approximate surface area is 128 Å². The molecule has 0 bridgehead atoms. The molecule has 0 spiro atoms. The van der Waals surface area contributed by atoms with Gasteiger partial charge >= 0.3 is 6.03 Å². The molecule has 1 atom stereocenters. The number of carbonyl (C=O) groups excluding carboxylic acids is 2. The van der Waals surface area contributed by atoms with E-state index in [2.05, 4.69) is 0 Å². The van der Waals surface area contributed by atoms with Gasteiger partial charge in [-0.2, -0.15) is 0 Å². The third-order valence-electron chi connectivity index (χ3n) is 3.54. The fraction of sp³-hybridized carbons (Fsp3) is 0.571. The molecule has 1 aliphatic heterocycles. The van der Waals surface area contributed by atoms with E-state index in [1.165, 1.54) is 9.80 Å². The molecule has 1 aromatic heterocycles. The minimum absolute atomic E-state index is 0.0280. The van der Waals surface area contributed by atoms with Gasteiger partial charge in [-0.25, -0.2) is 4.79 Å². The molecule has 0 N–H and O–H groups in total. The summed E-state index contributed by atoms with van der Waals surface area (Å²) < 4.78 is 4.97. The van der Waals surface area contributed by atoms with Gasteiger partial charge < -0.3 is 14.5 Å². The number of ether oxygens (including phenoxy) is 1. The Balaban J connectivity index is 2.07. The zero-order chi connectivity index (χ0) is 15.4. The first kappa shape index (κ1) is 15.9. The first-order valence-corrected chi connectivity index (χ1v) is 7.70. The molecule has 3 amide bonds. The molecule has 21 heavy (non-hydrogen) atoms. The molecule has 2 rings (SSSR count). The molecule has 1 saturated heterocycles. The van der Waals surface area contributed by atoms with E-state index in [1.54, 1.807) is 18.4 Å². The molecular formula is C14H21N3O3S. The van der Waals surface area contributed by atoms with Crippen molar-refractivity contribution in [3.8, 4) is 0 Å². The van der Waals surface area contributed by atoms with Crippen LogP contribution in [-0.2, 0) is 9.53 Å². The summed E-state index contributed by atoms with van der Waals surface area (Å²) in [7, 11) is 5.50. The summed E-state index contributed by atoms with van der Waals surface area (Å²) in [5.41, 5.74) is 0. The number of carbonyl (C=O) groups is 2. The van der Waals surface area contributed by atoms with Gasteiger partial charge in [-0.15, -0.1) is 11.3 Å². The van der Waals surface area contributed by atoms with Gasteiger partial charge in [-0.3, -0.25) is 9.69 Å². The quantitative estimate of drug-likeness (QED) is 0.712. The second kappa shape index (κ2) is 7.02. The Kier molecular flexibility index (Phi) is 5.33. The Morgan fingerprint density at radius 2 is 2.19 bits per heavy atom. The average Bonchev–Trinajstić information content (AvgIpc) is 3.04. The number of urea groups is 1. The largest absolute Gasteiger partial charge is 0.383 e. The van der Waals surface area contributed by atoms with Crippen molar-refractivity contribution in [1.29, 1.82) is 0 Å². The number of amides is 3. The number of nitrogens with zero attached hydrogens (tertiary/aromatic N) is 3. The highest BCUT2D eigenvalue weighted by Crippen LogP contribution is 2.25. The van der Waals surface area contributed by atoms with Crippen LogP contribution < -0.4 is 0 Å². The lowest BCUT2D eigenvalue weighted by molar-refractivity contribution is -0.125. The predicted molar refractivity (Wildman–Crippen MR) is 81.3 cm³/mol. The summed E-state index contributed by atoms with van der Waals surface area (Å²) in [5.74, 6) is -0.139. The number of thiophene rings is 1. The van der Waals surface area contributed by atoms with Crippen molar-refractivity contribution < 1.29 is 14.3 Å². The van der Waals surface area contributed by atoms with Crippen molar-refractivity contribution in [2.45, 2.75) is 6.04 Å². The molecule has 0 aromatic carbocycles. The van der Waals surface area contributed by atoms with Crippen molar-refractivity contribution in [3.63, 3.8) is 0 Å². The van der Waals surface area contributed by atoms with E-state index in [9.17, 15) is 9.59 Å². The van der Waals surface area contributed by atoms with Crippen molar-refractivity contribution >= 4 is 23.3 Å². The lowest BCUT2D eigenvalue weighted by Gasteiger charge is -2.27. The summed E-state index contributed by atoms with van der Waals surface area (Å²) >= 11 is 1.64. The fourth-order valence-corrected chi connectivity index (χ4v) is 3.23. The van der Waals surface area contributed by atoms with Crippen LogP contribution in [0.4, 0.5) is 4.79 Å². The Hall–Kier alpha value is -1.44. The SMILES string of the molecule is COCCN1CC(=O)N(C[C@@H](c2cccs2)N(C)C)C1=O. The molecule has 1 aliphatic rings. The summed E-state index contributed by atoms with van der Waals surface area (Å²) in [6.45, 7) is 1.42. The van der Waals surface area contributed by atoms with Gasteiger partial charge in [0.05, 0.1) is 19.2 Å². The van der Waals surface area contributed by atoms with Gasteiger partial charge in [0.25, 0.3) is 0 Å². The number of hydrogen-bond donors (Lipinski definition) is 0. The van der Waals surface area contributed by atoms with Crippen LogP contribution in [0.15, 0.2) is 17.5 Å². The van der Waals surface area contributed by atoms with Crippen LogP contribution in [0.25, 0.3) is 0 Å². The van der Waals surface area contributed by atoms with Crippen LogP contribution in [0.5, 0.6) is 0 Å². The van der Waals surface area contributed by atoms with E-state index in [-0.39, 0.29) is 24.5 Å². The first-order chi connectivity index (χ1) is 10.0. The summed E-state index contributed by atoms with van der Waals surface area (Å²) in [6.07, 6.45) is 0. The van der Waals surface area contributed by atoms with E-state index in [1.807, 2.05) is 36.5 Å². The maximum atomic E-state index is 12.3. The topological polar surface area (TPSA) is 53.1 Å². The van der Waals surface area contributed by atoms with Crippen molar-refractivity contribution in [2.75, 3.05) is 47.4 Å². The highest BCUT2D eigenvalue weighted by atomic mass is 32.1. The average molecular weight is 311 g/mol. The lowest BCUT2D eigenvalue weighted by Crippen LogP contribution is -2.39. The number of imide groups is 1. The van der Waals surface area contributed by atoms with Crippen LogP contribution in [0.3, 0.4) is 0 Å². The zero-order valence-corrected chi connectivity index (χ0v) is 13.4. The minimum atomic E-state index is -0.222. The predicted octanol–water partition coefficient (Wildman–Crippen LogP) is 1.26. The molecule has 116 valence electrons. The van der Waals surface area contributed by atoms with E-state index in [0.29, 0.717) is 19.7 Å². The van der Waals surface area contributed by atoms with Crippen molar-refractivity contribution in [1.82, 2.24) is 14.7 Å². The maximum Gasteiger partial charge on any atom is 0.327 e. The van der Waals surface area contributed by atoms with Crippen LogP contribution in [-0.4, -0.2) is 74.1 Å². The van der Waals surface area contributed by atoms with Crippen molar-refractivity contribution in [3.05, 3.63) is 22.4 Å². The van der Waals surface area contributed by atoms with Gasteiger partial charge in [-0.05, 0) is 25.5 Å². The first-order valence-electron chi connectivity index (χ1n) is 6.82. The zero-order valence-electron chi connectivity index (χ0n) is 12.6. The summed E-state index contributed by atoms with van der Waals surface area (Å²) in [6, 6.07) is 3.82. The maximum absolute atomic E-state index is 12.3. The van der Waals surface area contributed by atoms with Gasteiger partial charge in [0.1, 0.15) is 6.54 Å². The molecule has 2 heterocycles. The molecule has 1 aromatic rings. The monoisotopic (exact) mass is 311 g/mol. The van der Waals surface area contributed by atoms with Crippen molar-refractivity contribution in [2.24, 2.45) is 0 Å². The van der Waals surface area contributed by atoms with Gasteiger partial charge in [0, 0.05) is 18.5 Å². The minimum Gasteiger partial charge on any atom is -0.383 e. The van der Waals surface area contributed by atoms with Crippen LogP contribution in [0.1, 0.15) is 10.9 Å². The van der Waals surface area contributed by atoms with Gasteiger partial charge in [-0.1, -0.05) is 6.07 Å². The highest BCUT2D eigenvalue weighted by molar-refractivity contribution is 7.10. The molecule has 0 radical (unpaired) electrons. The number of hydrogen-bond acceptors (Lipinski definition) is 5. The molecule has 1 fully saturated rings. The summed E-state index contributed by atoms with van der Waals surface area (Å²) in [5, 5.41) is 2.00. The number of methoxy groups -OCH3 is 1. The number of likely N-dealkylation sites (N-methyl/N-ethyl adjacent to an activating group) is 1. The summed E-state index contributed by atoms with van der Waals surface area (Å²) in [4.78, 5) is 30.5. The van der Waals surface area contributed by atoms with E-state index in [4.69, 9.17) is 4.74 Å².